The van der Waals surface area contributed by atoms with Crippen LogP contribution in [0.1, 0.15) is 24.8 Å². The summed E-state index contributed by atoms with van der Waals surface area (Å²) in [5.74, 6) is 0.0879. The van der Waals surface area contributed by atoms with E-state index in [1.54, 1.807) is 6.26 Å². The van der Waals surface area contributed by atoms with Crippen molar-refractivity contribution in [2.75, 3.05) is 6.54 Å². The minimum Gasteiger partial charge on any atom is -0.464 e. The maximum atomic E-state index is 12.0. The van der Waals surface area contributed by atoms with Crippen LogP contribution in [-0.4, -0.2) is 18.5 Å². The zero-order valence-electron chi connectivity index (χ0n) is 10.8. The van der Waals surface area contributed by atoms with Crippen LogP contribution in [0.3, 0.4) is 0 Å². The Hall–Kier alpha value is -1.81. The highest BCUT2D eigenvalue weighted by molar-refractivity contribution is 5.84. The lowest BCUT2D eigenvalue weighted by atomic mass is 10.0. The monoisotopic (exact) mass is 258 g/mol. The van der Waals surface area contributed by atoms with Crippen molar-refractivity contribution >= 4 is 16.9 Å². The highest BCUT2D eigenvalue weighted by Gasteiger charge is 2.20. The van der Waals surface area contributed by atoms with Gasteiger partial charge in [0.05, 0.1) is 12.3 Å². The first kappa shape index (κ1) is 12.2. The van der Waals surface area contributed by atoms with Gasteiger partial charge in [-0.05, 0) is 25.5 Å². The summed E-state index contributed by atoms with van der Waals surface area (Å²) in [6, 6.07) is 7.83. The van der Waals surface area contributed by atoms with Crippen LogP contribution < -0.4 is 10.6 Å². The maximum Gasteiger partial charge on any atom is 0.237 e. The van der Waals surface area contributed by atoms with Gasteiger partial charge < -0.3 is 15.1 Å². The fraction of sp³-hybridized carbons (Fsp3) is 0.400. The molecule has 3 rings (SSSR count). The van der Waals surface area contributed by atoms with Gasteiger partial charge in [0, 0.05) is 17.5 Å². The fourth-order valence-electron chi connectivity index (χ4n) is 2.55. The molecule has 19 heavy (non-hydrogen) atoms. The van der Waals surface area contributed by atoms with Crippen LogP contribution >= 0.6 is 0 Å². The molecule has 1 aromatic heterocycles. The van der Waals surface area contributed by atoms with Gasteiger partial charge in [-0.25, -0.2) is 0 Å². The molecule has 1 unspecified atom stereocenters. The Labute approximate surface area is 112 Å². The van der Waals surface area contributed by atoms with Crippen molar-refractivity contribution in [3.63, 3.8) is 0 Å². The smallest absolute Gasteiger partial charge is 0.237 e. The minimum absolute atomic E-state index is 0.0353. The highest BCUT2D eigenvalue weighted by Crippen LogP contribution is 2.20. The van der Waals surface area contributed by atoms with E-state index in [1.165, 1.54) is 0 Å². The van der Waals surface area contributed by atoms with Crippen LogP contribution in [0.25, 0.3) is 11.0 Å². The third-order valence-electron chi connectivity index (χ3n) is 3.64. The van der Waals surface area contributed by atoms with Gasteiger partial charge in [0.15, 0.2) is 0 Å². The standard InChI is InChI=1S/C15H18N2O2/c18-15(13-6-3-4-8-16-13)17-9-11-10-19-14-7-2-1-5-12(11)14/h1-2,5,7,10,13,16H,3-4,6,8-9H2,(H,17,18). The molecular formula is C15H18N2O2. The number of amides is 1. The molecule has 100 valence electrons. The molecule has 1 aromatic carbocycles. The molecule has 4 heteroatoms. The second-order valence-corrected chi connectivity index (χ2v) is 4.98. The lowest BCUT2D eigenvalue weighted by Gasteiger charge is -2.22. The van der Waals surface area contributed by atoms with Gasteiger partial charge in [-0.3, -0.25) is 4.79 Å². The van der Waals surface area contributed by atoms with E-state index < -0.39 is 0 Å². The molecule has 0 bridgehead atoms. The van der Waals surface area contributed by atoms with Crippen molar-refractivity contribution in [2.24, 2.45) is 0 Å². The lowest BCUT2D eigenvalue weighted by molar-refractivity contribution is -0.123. The first-order chi connectivity index (χ1) is 9.34. The molecule has 0 aliphatic carbocycles. The first-order valence-electron chi connectivity index (χ1n) is 6.81. The average Bonchev–Trinajstić information content (AvgIpc) is 2.89. The van der Waals surface area contributed by atoms with E-state index in [0.717, 1.165) is 42.3 Å². The first-order valence-corrected chi connectivity index (χ1v) is 6.81. The topological polar surface area (TPSA) is 54.3 Å². The van der Waals surface area contributed by atoms with E-state index in [-0.39, 0.29) is 11.9 Å². The molecule has 1 amide bonds. The van der Waals surface area contributed by atoms with Crippen LogP contribution in [0.5, 0.6) is 0 Å². The Bertz CT molecular complexity index is 570. The highest BCUT2D eigenvalue weighted by atomic mass is 16.3. The number of piperidine rings is 1. The average molecular weight is 258 g/mol. The quantitative estimate of drug-likeness (QED) is 0.887. The number of hydrogen-bond donors (Lipinski definition) is 2. The van der Waals surface area contributed by atoms with Gasteiger partial charge in [0.25, 0.3) is 0 Å². The normalized spacial score (nSPS) is 19.5. The molecule has 1 fully saturated rings. The number of benzene rings is 1. The SMILES string of the molecule is O=C(NCc1coc2ccccc12)C1CCCCN1. The third kappa shape index (κ3) is 2.63. The van der Waals surface area contributed by atoms with Gasteiger partial charge in [-0.15, -0.1) is 0 Å². The summed E-state index contributed by atoms with van der Waals surface area (Å²) in [5.41, 5.74) is 1.89. The molecule has 0 radical (unpaired) electrons. The van der Waals surface area contributed by atoms with Crippen molar-refractivity contribution < 1.29 is 9.21 Å². The van der Waals surface area contributed by atoms with E-state index >= 15 is 0 Å². The van der Waals surface area contributed by atoms with Gasteiger partial charge >= 0.3 is 0 Å². The number of nitrogens with one attached hydrogen (secondary N) is 2. The number of fused-ring (bicyclic) bond motifs is 1. The number of rotatable bonds is 3. The molecule has 2 heterocycles. The molecule has 0 spiro atoms. The van der Waals surface area contributed by atoms with E-state index in [4.69, 9.17) is 4.42 Å². The summed E-state index contributed by atoms with van der Waals surface area (Å²) in [6.07, 6.45) is 4.94. The minimum atomic E-state index is -0.0353. The van der Waals surface area contributed by atoms with Crippen LogP contribution in [0.4, 0.5) is 0 Å². The zero-order valence-corrected chi connectivity index (χ0v) is 10.8. The Balaban J connectivity index is 1.64. The summed E-state index contributed by atoms with van der Waals surface area (Å²) in [7, 11) is 0. The van der Waals surface area contributed by atoms with Gasteiger partial charge in [-0.2, -0.15) is 0 Å². The van der Waals surface area contributed by atoms with Gasteiger partial charge in [-0.1, -0.05) is 24.6 Å². The van der Waals surface area contributed by atoms with Crippen LogP contribution in [0.2, 0.25) is 0 Å². The van der Waals surface area contributed by atoms with E-state index in [9.17, 15) is 4.79 Å². The molecule has 4 nitrogen and oxygen atoms in total. The number of furan rings is 1. The number of hydrogen-bond acceptors (Lipinski definition) is 3. The number of para-hydroxylation sites is 1. The summed E-state index contributed by atoms with van der Waals surface area (Å²) < 4.78 is 5.46. The maximum absolute atomic E-state index is 12.0. The second-order valence-electron chi connectivity index (χ2n) is 4.98. The summed E-state index contributed by atoms with van der Waals surface area (Å²) in [6.45, 7) is 1.46. The summed E-state index contributed by atoms with van der Waals surface area (Å²) >= 11 is 0. The Morgan fingerprint density at radius 1 is 1.37 bits per heavy atom. The summed E-state index contributed by atoms with van der Waals surface area (Å²) in [5, 5.41) is 7.31. The molecule has 1 saturated heterocycles. The van der Waals surface area contributed by atoms with E-state index in [1.807, 2.05) is 24.3 Å². The number of carbonyl (C=O) groups excluding carboxylic acids is 1. The van der Waals surface area contributed by atoms with Crippen molar-refractivity contribution in [1.29, 1.82) is 0 Å². The second kappa shape index (κ2) is 5.45. The van der Waals surface area contributed by atoms with Crippen LogP contribution in [-0.2, 0) is 11.3 Å². The van der Waals surface area contributed by atoms with Crippen molar-refractivity contribution in [1.82, 2.24) is 10.6 Å². The van der Waals surface area contributed by atoms with E-state index in [0.29, 0.717) is 6.54 Å². The largest absolute Gasteiger partial charge is 0.464 e. The molecule has 2 N–H and O–H groups in total. The lowest BCUT2D eigenvalue weighted by Crippen LogP contribution is -2.46. The molecule has 1 aliphatic rings. The predicted octanol–water partition coefficient (Wildman–Crippen LogP) is 2.19. The van der Waals surface area contributed by atoms with Crippen molar-refractivity contribution in [3.05, 3.63) is 36.1 Å². The predicted molar refractivity (Wildman–Crippen MR) is 73.7 cm³/mol. The Kier molecular flexibility index (Phi) is 3.51. The van der Waals surface area contributed by atoms with Gasteiger partial charge in [0.2, 0.25) is 5.91 Å². The van der Waals surface area contributed by atoms with Crippen molar-refractivity contribution in [3.8, 4) is 0 Å². The summed E-state index contributed by atoms with van der Waals surface area (Å²) in [4.78, 5) is 12.0. The van der Waals surface area contributed by atoms with E-state index in [2.05, 4.69) is 10.6 Å². The molecule has 0 saturated carbocycles. The fourth-order valence-corrected chi connectivity index (χ4v) is 2.55. The third-order valence-corrected chi connectivity index (χ3v) is 3.64. The molecule has 2 aromatic rings. The Morgan fingerprint density at radius 2 is 2.26 bits per heavy atom. The van der Waals surface area contributed by atoms with Crippen molar-refractivity contribution in [2.45, 2.75) is 31.8 Å². The molecule has 1 aliphatic heterocycles. The van der Waals surface area contributed by atoms with Crippen LogP contribution in [0, 0.1) is 0 Å². The molecular weight excluding hydrogens is 240 g/mol. The van der Waals surface area contributed by atoms with Gasteiger partial charge in [0.1, 0.15) is 5.58 Å². The molecule has 1 atom stereocenters. The number of carbonyl (C=O) groups is 1. The zero-order chi connectivity index (χ0) is 13.1. The van der Waals surface area contributed by atoms with Crippen LogP contribution in [0.15, 0.2) is 34.9 Å². The Morgan fingerprint density at radius 3 is 3.11 bits per heavy atom.